The maximum absolute atomic E-state index is 6.09. The van der Waals surface area contributed by atoms with Crippen molar-refractivity contribution in [2.75, 3.05) is 19.6 Å². The number of nitrogens with zero attached hydrogens (tertiary/aromatic N) is 1. The predicted octanol–water partition coefficient (Wildman–Crippen LogP) is 3.41. The SMILES string of the molecule is CCCN(CCCC(C)C)C1(CN)CCCC1. The Kier molecular flexibility index (Phi) is 6.50. The molecule has 2 heteroatoms. The second kappa shape index (κ2) is 7.38. The fourth-order valence-electron chi connectivity index (χ4n) is 3.23. The Bertz CT molecular complexity index is 195. The summed E-state index contributed by atoms with van der Waals surface area (Å²) in [6.07, 6.45) is 9.34. The van der Waals surface area contributed by atoms with Crippen LogP contribution in [0.4, 0.5) is 0 Å². The van der Waals surface area contributed by atoms with Crippen LogP contribution in [0.15, 0.2) is 0 Å². The van der Waals surface area contributed by atoms with Gasteiger partial charge in [-0.15, -0.1) is 0 Å². The highest BCUT2D eigenvalue weighted by Gasteiger charge is 2.37. The first-order valence-electron chi connectivity index (χ1n) is 7.60. The van der Waals surface area contributed by atoms with Crippen molar-refractivity contribution in [1.82, 2.24) is 4.90 Å². The summed E-state index contributed by atoms with van der Waals surface area (Å²) in [7, 11) is 0. The van der Waals surface area contributed by atoms with E-state index in [2.05, 4.69) is 25.7 Å². The Hall–Kier alpha value is -0.0800. The van der Waals surface area contributed by atoms with Crippen molar-refractivity contribution in [2.45, 2.75) is 71.3 Å². The van der Waals surface area contributed by atoms with Gasteiger partial charge in [0.2, 0.25) is 0 Å². The van der Waals surface area contributed by atoms with Crippen molar-refractivity contribution in [1.29, 1.82) is 0 Å². The summed E-state index contributed by atoms with van der Waals surface area (Å²) >= 11 is 0. The molecule has 17 heavy (non-hydrogen) atoms. The standard InChI is InChI=1S/C15H32N2/c1-4-11-17(12-7-8-14(2)3)15(13-16)9-5-6-10-15/h14H,4-13,16H2,1-3H3. The molecule has 2 nitrogen and oxygen atoms in total. The fraction of sp³-hybridized carbons (Fsp3) is 1.00. The number of hydrogen-bond acceptors (Lipinski definition) is 2. The fourth-order valence-corrected chi connectivity index (χ4v) is 3.23. The van der Waals surface area contributed by atoms with E-state index in [9.17, 15) is 0 Å². The zero-order valence-electron chi connectivity index (χ0n) is 12.2. The molecule has 0 heterocycles. The highest BCUT2D eigenvalue weighted by molar-refractivity contribution is 4.95. The maximum Gasteiger partial charge on any atom is 0.0331 e. The van der Waals surface area contributed by atoms with Crippen molar-refractivity contribution < 1.29 is 0 Å². The first-order valence-corrected chi connectivity index (χ1v) is 7.60. The topological polar surface area (TPSA) is 29.3 Å². The van der Waals surface area contributed by atoms with Crippen LogP contribution in [-0.4, -0.2) is 30.1 Å². The second-order valence-corrected chi connectivity index (χ2v) is 6.16. The number of nitrogens with two attached hydrogens (primary N) is 1. The van der Waals surface area contributed by atoms with Crippen LogP contribution in [0.5, 0.6) is 0 Å². The molecule has 1 fully saturated rings. The summed E-state index contributed by atoms with van der Waals surface area (Å²) < 4.78 is 0. The molecule has 0 radical (unpaired) electrons. The average Bonchev–Trinajstić information content (AvgIpc) is 2.77. The third-order valence-electron chi connectivity index (χ3n) is 4.29. The Morgan fingerprint density at radius 2 is 1.82 bits per heavy atom. The Labute approximate surface area is 108 Å². The predicted molar refractivity (Wildman–Crippen MR) is 76.2 cm³/mol. The molecule has 0 unspecified atom stereocenters. The summed E-state index contributed by atoms with van der Waals surface area (Å²) in [5, 5.41) is 0. The lowest BCUT2D eigenvalue weighted by molar-refractivity contribution is 0.0953. The van der Waals surface area contributed by atoms with Gasteiger partial charge in [-0.3, -0.25) is 4.90 Å². The summed E-state index contributed by atoms with van der Waals surface area (Å²) in [5.74, 6) is 0.830. The molecule has 1 rings (SSSR count). The van der Waals surface area contributed by atoms with E-state index < -0.39 is 0 Å². The molecule has 0 saturated heterocycles. The van der Waals surface area contributed by atoms with Gasteiger partial charge >= 0.3 is 0 Å². The van der Waals surface area contributed by atoms with Crippen LogP contribution in [-0.2, 0) is 0 Å². The van der Waals surface area contributed by atoms with Crippen molar-refractivity contribution in [3.63, 3.8) is 0 Å². The molecule has 0 spiro atoms. The van der Waals surface area contributed by atoms with Gasteiger partial charge in [-0.1, -0.05) is 33.6 Å². The average molecular weight is 240 g/mol. The van der Waals surface area contributed by atoms with Crippen molar-refractivity contribution in [2.24, 2.45) is 11.7 Å². The molecule has 102 valence electrons. The summed E-state index contributed by atoms with van der Waals surface area (Å²) in [6.45, 7) is 10.3. The highest BCUT2D eigenvalue weighted by Crippen LogP contribution is 2.34. The van der Waals surface area contributed by atoms with Crippen LogP contribution in [0, 0.1) is 5.92 Å². The van der Waals surface area contributed by atoms with Gasteiger partial charge in [-0.05, 0) is 51.1 Å². The van der Waals surface area contributed by atoms with Gasteiger partial charge in [-0.25, -0.2) is 0 Å². The Balaban J connectivity index is 2.50. The Morgan fingerprint density at radius 3 is 2.29 bits per heavy atom. The van der Waals surface area contributed by atoms with Crippen LogP contribution in [0.25, 0.3) is 0 Å². The van der Waals surface area contributed by atoms with Crippen LogP contribution in [0.1, 0.15) is 65.7 Å². The van der Waals surface area contributed by atoms with Gasteiger partial charge in [0.1, 0.15) is 0 Å². The monoisotopic (exact) mass is 240 g/mol. The van der Waals surface area contributed by atoms with E-state index in [1.165, 1.54) is 58.0 Å². The lowest BCUT2D eigenvalue weighted by Crippen LogP contribution is -2.52. The second-order valence-electron chi connectivity index (χ2n) is 6.16. The van der Waals surface area contributed by atoms with Gasteiger partial charge < -0.3 is 5.73 Å². The van der Waals surface area contributed by atoms with E-state index in [1.807, 2.05) is 0 Å². The van der Waals surface area contributed by atoms with Crippen molar-refractivity contribution in [3.05, 3.63) is 0 Å². The lowest BCUT2D eigenvalue weighted by Gasteiger charge is -2.41. The van der Waals surface area contributed by atoms with Gasteiger partial charge in [0.25, 0.3) is 0 Å². The zero-order valence-corrected chi connectivity index (χ0v) is 12.2. The van der Waals surface area contributed by atoms with E-state index in [4.69, 9.17) is 5.73 Å². The van der Waals surface area contributed by atoms with Crippen LogP contribution >= 0.6 is 0 Å². The van der Waals surface area contributed by atoms with Gasteiger partial charge in [-0.2, -0.15) is 0 Å². The maximum atomic E-state index is 6.09. The van der Waals surface area contributed by atoms with Crippen LogP contribution in [0.2, 0.25) is 0 Å². The van der Waals surface area contributed by atoms with E-state index in [0.717, 1.165) is 12.5 Å². The molecule has 2 N–H and O–H groups in total. The number of hydrogen-bond donors (Lipinski definition) is 1. The molecule has 0 aromatic heterocycles. The molecular formula is C15H32N2. The molecule has 0 atom stereocenters. The summed E-state index contributed by atoms with van der Waals surface area (Å²) in [6, 6.07) is 0. The smallest absolute Gasteiger partial charge is 0.0331 e. The third kappa shape index (κ3) is 4.26. The van der Waals surface area contributed by atoms with E-state index in [-0.39, 0.29) is 0 Å². The van der Waals surface area contributed by atoms with Gasteiger partial charge in [0.15, 0.2) is 0 Å². The van der Waals surface area contributed by atoms with Gasteiger partial charge in [0.05, 0.1) is 0 Å². The van der Waals surface area contributed by atoms with Crippen LogP contribution < -0.4 is 5.73 Å². The molecule has 0 bridgehead atoms. The number of rotatable bonds is 8. The van der Waals surface area contributed by atoms with Crippen LogP contribution in [0.3, 0.4) is 0 Å². The molecule has 0 amide bonds. The summed E-state index contributed by atoms with van der Waals surface area (Å²) in [5.41, 5.74) is 6.44. The molecule has 0 aromatic rings. The van der Waals surface area contributed by atoms with E-state index in [1.54, 1.807) is 0 Å². The zero-order chi connectivity index (χ0) is 12.7. The first-order chi connectivity index (χ1) is 8.14. The largest absolute Gasteiger partial charge is 0.329 e. The molecule has 1 saturated carbocycles. The molecule has 1 aliphatic rings. The molecule has 0 aromatic carbocycles. The molecular weight excluding hydrogens is 208 g/mol. The van der Waals surface area contributed by atoms with Gasteiger partial charge in [0, 0.05) is 12.1 Å². The first kappa shape index (κ1) is 15.0. The van der Waals surface area contributed by atoms with Crippen molar-refractivity contribution >= 4 is 0 Å². The molecule has 0 aliphatic heterocycles. The minimum Gasteiger partial charge on any atom is -0.329 e. The lowest BCUT2D eigenvalue weighted by atomic mass is 9.94. The normalized spacial score (nSPS) is 19.4. The van der Waals surface area contributed by atoms with E-state index >= 15 is 0 Å². The summed E-state index contributed by atoms with van der Waals surface area (Å²) in [4.78, 5) is 2.71. The highest BCUT2D eigenvalue weighted by atomic mass is 15.2. The van der Waals surface area contributed by atoms with Crippen molar-refractivity contribution in [3.8, 4) is 0 Å². The quantitative estimate of drug-likeness (QED) is 0.704. The third-order valence-corrected chi connectivity index (χ3v) is 4.29. The molecule has 1 aliphatic carbocycles. The minimum absolute atomic E-state index is 0.354. The minimum atomic E-state index is 0.354. The van der Waals surface area contributed by atoms with E-state index in [0.29, 0.717) is 5.54 Å². The Morgan fingerprint density at radius 1 is 1.18 bits per heavy atom.